The van der Waals surface area contributed by atoms with Crippen LogP contribution in [0, 0.1) is 0 Å². The van der Waals surface area contributed by atoms with Crippen LogP contribution in [0.2, 0.25) is 5.02 Å². The molecule has 2 rings (SSSR count). The number of carbonyl (C=O) groups excluding carboxylic acids is 1. The van der Waals surface area contributed by atoms with Gasteiger partial charge in [0, 0.05) is 21.2 Å². The summed E-state index contributed by atoms with van der Waals surface area (Å²) in [5.41, 5.74) is -0.624. The summed E-state index contributed by atoms with van der Waals surface area (Å²) in [6.45, 7) is 4.06. The molecule has 0 radical (unpaired) electrons. The van der Waals surface area contributed by atoms with Gasteiger partial charge in [0.1, 0.15) is 5.54 Å². The highest BCUT2D eigenvalue weighted by atomic mass is 35.5. The highest BCUT2D eigenvalue weighted by Crippen LogP contribution is 2.32. The van der Waals surface area contributed by atoms with Crippen molar-refractivity contribution in [3.05, 3.63) is 29.3 Å². The summed E-state index contributed by atoms with van der Waals surface area (Å²) in [5, 5.41) is 4.44. The first-order valence-electron chi connectivity index (χ1n) is 7.21. The molecule has 116 valence electrons. The Labute approximate surface area is 135 Å². The number of methoxy groups -OCH3 is 1. The minimum atomic E-state index is -0.624. The molecule has 21 heavy (non-hydrogen) atoms. The summed E-state index contributed by atoms with van der Waals surface area (Å²) in [4.78, 5) is 13.2. The Morgan fingerprint density at radius 1 is 1.57 bits per heavy atom. The predicted octanol–water partition coefficient (Wildman–Crippen LogP) is 3.89. The second kappa shape index (κ2) is 7.03. The molecule has 0 bridgehead atoms. The van der Waals surface area contributed by atoms with Crippen LogP contribution >= 0.6 is 23.4 Å². The second-order valence-electron chi connectivity index (χ2n) is 5.83. The standard InChI is InChI=1S/C16H22ClNO2S/c1-11(21-14-6-4-5-12(17)9-14)10-16(2,15(19)20-3)18-13-7-8-13/h4-6,9,11,13,18H,7-8,10H2,1-3H3. The van der Waals surface area contributed by atoms with Crippen molar-refractivity contribution >= 4 is 29.3 Å². The molecule has 0 saturated heterocycles. The molecule has 1 aliphatic rings. The van der Waals surface area contributed by atoms with E-state index in [4.69, 9.17) is 16.3 Å². The second-order valence-corrected chi connectivity index (χ2v) is 7.78. The zero-order valence-corrected chi connectivity index (χ0v) is 14.3. The summed E-state index contributed by atoms with van der Waals surface area (Å²) >= 11 is 7.74. The van der Waals surface area contributed by atoms with E-state index in [0.29, 0.717) is 12.5 Å². The summed E-state index contributed by atoms with van der Waals surface area (Å²) in [7, 11) is 1.45. The van der Waals surface area contributed by atoms with E-state index in [-0.39, 0.29) is 11.2 Å². The van der Waals surface area contributed by atoms with Crippen LogP contribution in [0.4, 0.5) is 0 Å². The number of hydrogen-bond acceptors (Lipinski definition) is 4. The largest absolute Gasteiger partial charge is 0.468 e. The fraction of sp³-hybridized carbons (Fsp3) is 0.562. The van der Waals surface area contributed by atoms with E-state index in [9.17, 15) is 4.79 Å². The monoisotopic (exact) mass is 327 g/mol. The van der Waals surface area contributed by atoms with Crippen LogP contribution in [0.1, 0.15) is 33.1 Å². The van der Waals surface area contributed by atoms with Gasteiger partial charge in [0.15, 0.2) is 0 Å². The Bertz CT molecular complexity index is 507. The van der Waals surface area contributed by atoms with Crippen LogP contribution in [0.5, 0.6) is 0 Å². The molecule has 0 spiro atoms. The van der Waals surface area contributed by atoms with E-state index in [1.165, 1.54) is 7.11 Å². The predicted molar refractivity (Wildman–Crippen MR) is 88.0 cm³/mol. The number of ether oxygens (including phenoxy) is 1. The van der Waals surface area contributed by atoms with Gasteiger partial charge in [-0.1, -0.05) is 24.6 Å². The van der Waals surface area contributed by atoms with Gasteiger partial charge in [-0.15, -0.1) is 11.8 Å². The Kier molecular flexibility index (Phi) is 5.58. The number of hydrogen-bond donors (Lipinski definition) is 1. The molecule has 5 heteroatoms. The molecule has 1 fully saturated rings. The lowest BCUT2D eigenvalue weighted by atomic mass is 9.96. The van der Waals surface area contributed by atoms with Crippen molar-refractivity contribution in [2.24, 2.45) is 0 Å². The van der Waals surface area contributed by atoms with Gasteiger partial charge in [-0.05, 0) is 44.4 Å². The molecule has 0 aromatic heterocycles. The Morgan fingerprint density at radius 2 is 2.29 bits per heavy atom. The van der Waals surface area contributed by atoms with E-state index in [1.54, 1.807) is 11.8 Å². The number of thioether (sulfide) groups is 1. The Balaban J connectivity index is 2.00. The van der Waals surface area contributed by atoms with Crippen LogP contribution in [-0.2, 0) is 9.53 Å². The number of rotatable bonds is 7. The van der Waals surface area contributed by atoms with Crippen LogP contribution in [-0.4, -0.2) is 29.9 Å². The molecule has 1 aliphatic carbocycles. The molecular formula is C16H22ClNO2S. The summed E-state index contributed by atoms with van der Waals surface area (Å²) in [6, 6.07) is 8.25. The third kappa shape index (κ3) is 4.90. The normalized spacial score (nSPS) is 18.9. The van der Waals surface area contributed by atoms with Crippen molar-refractivity contribution in [3.63, 3.8) is 0 Å². The maximum Gasteiger partial charge on any atom is 0.325 e. The van der Waals surface area contributed by atoms with Crippen LogP contribution < -0.4 is 5.32 Å². The lowest BCUT2D eigenvalue weighted by Gasteiger charge is -2.30. The van der Waals surface area contributed by atoms with Crippen LogP contribution in [0.3, 0.4) is 0 Å². The third-order valence-electron chi connectivity index (χ3n) is 3.57. The number of carbonyl (C=O) groups is 1. The van der Waals surface area contributed by atoms with E-state index in [0.717, 1.165) is 22.8 Å². The van der Waals surface area contributed by atoms with Crippen molar-refractivity contribution in [1.82, 2.24) is 5.32 Å². The lowest BCUT2D eigenvalue weighted by molar-refractivity contribution is -0.148. The Hall–Kier alpha value is -0.710. The van der Waals surface area contributed by atoms with Crippen molar-refractivity contribution < 1.29 is 9.53 Å². The minimum Gasteiger partial charge on any atom is -0.468 e. The number of halogens is 1. The van der Waals surface area contributed by atoms with Gasteiger partial charge in [-0.25, -0.2) is 0 Å². The van der Waals surface area contributed by atoms with Gasteiger partial charge >= 0.3 is 5.97 Å². The van der Waals surface area contributed by atoms with Crippen LogP contribution in [0.25, 0.3) is 0 Å². The number of nitrogens with one attached hydrogen (secondary N) is 1. The maximum atomic E-state index is 12.1. The molecular weight excluding hydrogens is 306 g/mol. The molecule has 1 N–H and O–H groups in total. The summed E-state index contributed by atoms with van der Waals surface area (Å²) in [5.74, 6) is -0.187. The molecule has 0 aliphatic heterocycles. The highest BCUT2D eigenvalue weighted by molar-refractivity contribution is 8.00. The lowest BCUT2D eigenvalue weighted by Crippen LogP contribution is -2.52. The molecule has 1 saturated carbocycles. The molecule has 1 aromatic carbocycles. The Morgan fingerprint density at radius 3 is 2.86 bits per heavy atom. The zero-order valence-electron chi connectivity index (χ0n) is 12.7. The van der Waals surface area contributed by atoms with Gasteiger partial charge < -0.3 is 4.74 Å². The first-order chi connectivity index (χ1) is 9.93. The smallest absolute Gasteiger partial charge is 0.325 e. The third-order valence-corrected chi connectivity index (χ3v) is 4.90. The highest BCUT2D eigenvalue weighted by Gasteiger charge is 2.40. The summed E-state index contributed by atoms with van der Waals surface area (Å²) in [6.07, 6.45) is 3.00. The topological polar surface area (TPSA) is 38.3 Å². The molecule has 2 unspecified atom stereocenters. The average molecular weight is 328 g/mol. The van der Waals surface area contributed by atoms with Crippen LogP contribution in [0.15, 0.2) is 29.2 Å². The quantitative estimate of drug-likeness (QED) is 0.609. The minimum absolute atomic E-state index is 0.187. The summed E-state index contributed by atoms with van der Waals surface area (Å²) < 4.78 is 4.98. The molecule has 0 amide bonds. The average Bonchev–Trinajstić information content (AvgIpc) is 3.21. The number of benzene rings is 1. The van der Waals surface area contributed by atoms with Gasteiger partial charge in [0.05, 0.1) is 7.11 Å². The fourth-order valence-electron chi connectivity index (χ4n) is 2.49. The van der Waals surface area contributed by atoms with E-state index < -0.39 is 5.54 Å². The van der Waals surface area contributed by atoms with Crippen molar-refractivity contribution in [2.45, 2.75) is 54.8 Å². The zero-order chi connectivity index (χ0) is 15.5. The van der Waals surface area contributed by atoms with E-state index in [1.807, 2.05) is 31.2 Å². The number of esters is 1. The van der Waals surface area contributed by atoms with E-state index >= 15 is 0 Å². The first-order valence-corrected chi connectivity index (χ1v) is 8.47. The van der Waals surface area contributed by atoms with Crippen molar-refractivity contribution in [1.29, 1.82) is 0 Å². The molecule has 3 nitrogen and oxygen atoms in total. The SMILES string of the molecule is COC(=O)C(C)(CC(C)Sc1cccc(Cl)c1)NC1CC1. The van der Waals surface area contributed by atoms with Gasteiger partial charge in [0.2, 0.25) is 0 Å². The van der Waals surface area contributed by atoms with Crippen molar-refractivity contribution in [2.75, 3.05) is 7.11 Å². The van der Waals surface area contributed by atoms with Gasteiger partial charge in [-0.3, -0.25) is 10.1 Å². The van der Waals surface area contributed by atoms with E-state index in [2.05, 4.69) is 12.2 Å². The first kappa shape index (κ1) is 16.7. The van der Waals surface area contributed by atoms with Gasteiger partial charge in [0.25, 0.3) is 0 Å². The van der Waals surface area contributed by atoms with Gasteiger partial charge in [-0.2, -0.15) is 0 Å². The fourth-order valence-corrected chi connectivity index (χ4v) is 3.98. The molecule has 0 heterocycles. The molecule has 2 atom stereocenters. The van der Waals surface area contributed by atoms with Crippen molar-refractivity contribution in [3.8, 4) is 0 Å². The molecule has 1 aromatic rings. The maximum absolute atomic E-state index is 12.1.